The number of rotatable bonds is 4. The van der Waals surface area contributed by atoms with Crippen molar-refractivity contribution >= 4 is 37.7 Å². The van der Waals surface area contributed by atoms with E-state index < -0.39 is 16.8 Å². The molecule has 0 amide bonds. The Balaban J connectivity index is 1.81. The van der Waals surface area contributed by atoms with E-state index in [1.165, 1.54) is 0 Å². The minimum Gasteiger partial charge on any atom is -0.459 e. The Hall–Kier alpha value is -1.43. The van der Waals surface area contributed by atoms with Gasteiger partial charge in [0.2, 0.25) is 0 Å². The zero-order chi connectivity index (χ0) is 14.8. The molecule has 2 unspecified atom stereocenters. The molecule has 3 aromatic rings. The number of halogens is 1. The summed E-state index contributed by atoms with van der Waals surface area (Å²) in [6, 6.07) is 16.7. The fraction of sp³-hybridized carbons (Fsp3) is 0.125. The predicted molar refractivity (Wildman–Crippen MR) is 88.6 cm³/mol. The van der Waals surface area contributed by atoms with Crippen molar-refractivity contribution in [3.8, 4) is 0 Å². The molecule has 0 radical (unpaired) electrons. The van der Waals surface area contributed by atoms with Crippen LogP contribution in [0.15, 0.2) is 68.4 Å². The van der Waals surface area contributed by atoms with Gasteiger partial charge in [-0.05, 0) is 40.2 Å². The Morgan fingerprint density at radius 2 is 1.86 bits per heavy atom. The standard InChI is InChI=1S/C16H14BrNO2S/c17-12-6-2-4-8-16(12)21(19)10-13(18)15-9-11-5-1-3-7-14(11)20-15/h1-9,13H,10,18H2. The summed E-state index contributed by atoms with van der Waals surface area (Å²) in [6.07, 6.45) is 0. The molecule has 108 valence electrons. The fourth-order valence-electron chi connectivity index (χ4n) is 2.15. The Bertz CT molecular complexity index is 767. The molecule has 2 atom stereocenters. The second-order valence-electron chi connectivity index (χ2n) is 4.74. The minimum atomic E-state index is -1.18. The van der Waals surface area contributed by atoms with Crippen LogP contribution in [0.3, 0.4) is 0 Å². The SMILES string of the molecule is NC(CS(=O)c1ccccc1Br)c1cc2ccccc2o1. The van der Waals surface area contributed by atoms with E-state index >= 15 is 0 Å². The first-order valence-electron chi connectivity index (χ1n) is 6.52. The Labute approximate surface area is 133 Å². The van der Waals surface area contributed by atoms with Gasteiger partial charge in [0.15, 0.2) is 0 Å². The van der Waals surface area contributed by atoms with Gasteiger partial charge in [-0.1, -0.05) is 30.3 Å². The van der Waals surface area contributed by atoms with E-state index in [0.717, 1.165) is 20.3 Å². The van der Waals surface area contributed by atoms with Crippen molar-refractivity contribution in [2.75, 3.05) is 5.75 Å². The summed E-state index contributed by atoms with van der Waals surface area (Å²) in [4.78, 5) is 0.754. The summed E-state index contributed by atoms with van der Waals surface area (Å²) in [5, 5.41) is 1.01. The maximum absolute atomic E-state index is 12.4. The number of nitrogens with two attached hydrogens (primary N) is 1. The molecule has 21 heavy (non-hydrogen) atoms. The number of furan rings is 1. The Morgan fingerprint density at radius 1 is 1.14 bits per heavy atom. The lowest BCUT2D eigenvalue weighted by molar-refractivity contribution is 0.513. The van der Waals surface area contributed by atoms with Crippen molar-refractivity contribution in [2.24, 2.45) is 5.73 Å². The van der Waals surface area contributed by atoms with Crippen LogP contribution >= 0.6 is 15.9 Å². The lowest BCUT2D eigenvalue weighted by Gasteiger charge is -2.09. The van der Waals surface area contributed by atoms with Gasteiger partial charge < -0.3 is 10.2 Å². The molecule has 2 N–H and O–H groups in total. The van der Waals surface area contributed by atoms with Crippen LogP contribution in [0, 0.1) is 0 Å². The van der Waals surface area contributed by atoms with Gasteiger partial charge >= 0.3 is 0 Å². The van der Waals surface area contributed by atoms with E-state index in [1.807, 2.05) is 54.6 Å². The van der Waals surface area contributed by atoms with Crippen LogP contribution in [0.1, 0.15) is 11.8 Å². The van der Waals surface area contributed by atoms with Gasteiger partial charge in [0, 0.05) is 9.86 Å². The smallest absolute Gasteiger partial charge is 0.134 e. The molecule has 0 fully saturated rings. The van der Waals surface area contributed by atoms with Gasteiger partial charge in [-0.2, -0.15) is 0 Å². The molecule has 1 heterocycles. The Morgan fingerprint density at radius 3 is 2.62 bits per heavy atom. The molecule has 3 nitrogen and oxygen atoms in total. The molecule has 0 aliphatic heterocycles. The van der Waals surface area contributed by atoms with Gasteiger partial charge in [-0.3, -0.25) is 4.21 Å². The zero-order valence-electron chi connectivity index (χ0n) is 11.2. The predicted octanol–water partition coefficient (Wildman–Crippen LogP) is 4.00. The van der Waals surface area contributed by atoms with Crippen LogP contribution in [0.2, 0.25) is 0 Å². The molecule has 0 saturated heterocycles. The van der Waals surface area contributed by atoms with Gasteiger partial charge in [-0.15, -0.1) is 0 Å². The van der Waals surface area contributed by atoms with E-state index in [1.54, 1.807) is 0 Å². The van der Waals surface area contributed by atoms with Crippen molar-refractivity contribution < 1.29 is 8.63 Å². The number of fused-ring (bicyclic) bond motifs is 1. The average molecular weight is 364 g/mol. The molecule has 5 heteroatoms. The molecule has 0 bridgehead atoms. The maximum atomic E-state index is 12.4. The molecule has 2 aromatic carbocycles. The highest BCUT2D eigenvalue weighted by Crippen LogP contribution is 2.26. The van der Waals surface area contributed by atoms with E-state index in [0.29, 0.717) is 11.5 Å². The van der Waals surface area contributed by atoms with Crippen LogP contribution in [0.25, 0.3) is 11.0 Å². The van der Waals surface area contributed by atoms with Gasteiger partial charge in [0.1, 0.15) is 11.3 Å². The second-order valence-corrected chi connectivity index (χ2v) is 7.05. The van der Waals surface area contributed by atoms with Crippen molar-refractivity contribution in [2.45, 2.75) is 10.9 Å². The van der Waals surface area contributed by atoms with Gasteiger partial charge in [0.25, 0.3) is 0 Å². The summed E-state index contributed by atoms with van der Waals surface area (Å²) < 4.78 is 19.0. The molecule has 0 aliphatic carbocycles. The lowest BCUT2D eigenvalue weighted by Crippen LogP contribution is -2.18. The molecule has 1 aromatic heterocycles. The third-order valence-corrected chi connectivity index (χ3v) is 5.69. The van der Waals surface area contributed by atoms with Crippen LogP contribution in [-0.4, -0.2) is 9.96 Å². The minimum absolute atomic E-state index is 0.322. The van der Waals surface area contributed by atoms with E-state index in [-0.39, 0.29) is 0 Å². The monoisotopic (exact) mass is 363 g/mol. The fourth-order valence-corrected chi connectivity index (χ4v) is 4.16. The normalized spacial score (nSPS) is 14.2. The molecule has 0 spiro atoms. The molecular formula is C16H14BrNO2S. The lowest BCUT2D eigenvalue weighted by atomic mass is 10.2. The van der Waals surface area contributed by atoms with Crippen molar-refractivity contribution in [3.63, 3.8) is 0 Å². The van der Waals surface area contributed by atoms with Crippen LogP contribution in [0.5, 0.6) is 0 Å². The van der Waals surface area contributed by atoms with Crippen molar-refractivity contribution in [3.05, 3.63) is 64.8 Å². The summed E-state index contributed by atoms with van der Waals surface area (Å²) >= 11 is 3.41. The van der Waals surface area contributed by atoms with Crippen LogP contribution in [0.4, 0.5) is 0 Å². The highest BCUT2D eigenvalue weighted by Gasteiger charge is 2.17. The number of benzene rings is 2. The zero-order valence-corrected chi connectivity index (χ0v) is 13.6. The average Bonchev–Trinajstić information content (AvgIpc) is 2.91. The van der Waals surface area contributed by atoms with Gasteiger partial charge in [-0.25, -0.2) is 0 Å². The topological polar surface area (TPSA) is 56.2 Å². The maximum Gasteiger partial charge on any atom is 0.134 e. The van der Waals surface area contributed by atoms with Crippen LogP contribution in [-0.2, 0) is 10.8 Å². The largest absolute Gasteiger partial charge is 0.459 e. The number of hydrogen-bond donors (Lipinski definition) is 1. The molecule has 0 aliphatic rings. The first-order valence-corrected chi connectivity index (χ1v) is 8.63. The van der Waals surface area contributed by atoms with E-state index in [4.69, 9.17) is 10.2 Å². The molecule has 3 rings (SSSR count). The van der Waals surface area contributed by atoms with E-state index in [9.17, 15) is 4.21 Å². The second kappa shape index (κ2) is 6.13. The first-order chi connectivity index (χ1) is 10.1. The Kier molecular flexibility index (Phi) is 4.24. The highest BCUT2D eigenvalue weighted by molar-refractivity contribution is 9.10. The third kappa shape index (κ3) is 3.10. The summed E-state index contributed by atoms with van der Waals surface area (Å²) in [5.74, 6) is 0.985. The summed E-state index contributed by atoms with van der Waals surface area (Å²) in [7, 11) is -1.18. The van der Waals surface area contributed by atoms with E-state index in [2.05, 4.69) is 15.9 Å². The molecular weight excluding hydrogens is 350 g/mol. The number of hydrogen-bond acceptors (Lipinski definition) is 3. The highest BCUT2D eigenvalue weighted by atomic mass is 79.9. The molecule has 0 saturated carbocycles. The van der Waals surface area contributed by atoms with Gasteiger partial charge in [0.05, 0.1) is 27.5 Å². The van der Waals surface area contributed by atoms with Crippen molar-refractivity contribution in [1.29, 1.82) is 0 Å². The third-order valence-electron chi connectivity index (χ3n) is 3.22. The van der Waals surface area contributed by atoms with Crippen molar-refractivity contribution in [1.82, 2.24) is 0 Å². The summed E-state index contributed by atoms with van der Waals surface area (Å²) in [6.45, 7) is 0. The first kappa shape index (κ1) is 14.5. The number of para-hydroxylation sites is 1. The quantitative estimate of drug-likeness (QED) is 0.761. The van der Waals surface area contributed by atoms with Crippen LogP contribution < -0.4 is 5.73 Å². The summed E-state index contributed by atoms with van der Waals surface area (Å²) in [5.41, 5.74) is 6.95.